The summed E-state index contributed by atoms with van der Waals surface area (Å²) >= 11 is 0. The van der Waals surface area contributed by atoms with E-state index >= 15 is 0 Å². The van der Waals surface area contributed by atoms with Crippen molar-refractivity contribution < 1.29 is 4.79 Å². The molecule has 0 saturated heterocycles. The molecule has 2 unspecified atom stereocenters. The van der Waals surface area contributed by atoms with E-state index in [1.165, 1.54) is 12.8 Å². The van der Waals surface area contributed by atoms with E-state index in [4.69, 9.17) is 5.73 Å². The number of nitrogens with two attached hydrogens (primary N) is 1. The average molecular weight is 250 g/mol. The Morgan fingerprint density at radius 3 is 2.72 bits per heavy atom. The Balaban J connectivity index is 1.96. The number of nitrogens with zero attached hydrogens (tertiary/aromatic N) is 2. The SMILES string of the molecule is Cc1nn(CC(=O)NC2CCCC2C)c(C)c1N. The van der Waals surface area contributed by atoms with E-state index in [0.29, 0.717) is 17.6 Å². The van der Waals surface area contributed by atoms with Crippen LogP contribution < -0.4 is 11.1 Å². The number of hydrogen-bond donors (Lipinski definition) is 2. The molecule has 3 N–H and O–H groups in total. The van der Waals surface area contributed by atoms with Crippen molar-refractivity contribution >= 4 is 11.6 Å². The van der Waals surface area contributed by atoms with Crippen LogP contribution in [0.25, 0.3) is 0 Å². The fourth-order valence-corrected chi connectivity index (χ4v) is 2.61. The number of hydrogen-bond acceptors (Lipinski definition) is 3. The maximum atomic E-state index is 12.0. The number of nitrogen functional groups attached to an aromatic ring is 1. The molecule has 5 nitrogen and oxygen atoms in total. The van der Waals surface area contributed by atoms with Crippen LogP contribution in [0.4, 0.5) is 5.69 Å². The van der Waals surface area contributed by atoms with Crippen LogP contribution >= 0.6 is 0 Å². The lowest BCUT2D eigenvalue weighted by Crippen LogP contribution is -2.38. The smallest absolute Gasteiger partial charge is 0.241 e. The Labute approximate surface area is 108 Å². The average Bonchev–Trinajstić information content (AvgIpc) is 2.80. The minimum Gasteiger partial charge on any atom is -0.396 e. The largest absolute Gasteiger partial charge is 0.396 e. The van der Waals surface area contributed by atoms with E-state index in [1.807, 2.05) is 13.8 Å². The first-order valence-corrected chi connectivity index (χ1v) is 6.58. The van der Waals surface area contributed by atoms with Crippen molar-refractivity contribution in [2.45, 2.75) is 52.6 Å². The van der Waals surface area contributed by atoms with Gasteiger partial charge in [-0.25, -0.2) is 0 Å². The standard InChI is InChI=1S/C13H22N4O/c1-8-5-4-6-11(8)15-12(18)7-17-10(3)13(14)9(2)16-17/h8,11H,4-7,14H2,1-3H3,(H,15,18). The van der Waals surface area contributed by atoms with Gasteiger partial charge in [0.2, 0.25) is 5.91 Å². The first-order chi connectivity index (χ1) is 8.49. The van der Waals surface area contributed by atoms with Gasteiger partial charge in [-0.05, 0) is 32.6 Å². The topological polar surface area (TPSA) is 72.9 Å². The maximum absolute atomic E-state index is 12.0. The Kier molecular flexibility index (Phi) is 3.59. The van der Waals surface area contributed by atoms with Gasteiger partial charge in [0.1, 0.15) is 6.54 Å². The molecule has 100 valence electrons. The Hall–Kier alpha value is -1.52. The molecule has 1 aromatic rings. The number of rotatable bonds is 3. The lowest BCUT2D eigenvalue weighted by atomic mass is 10.1. The third kappa shape index (κ3) is 2.49. The van der Waals surface area contributed by atoms with Crippen LogP contribution in [0, 0.1) is 19.8 Å². The molecule has 1 amide bonds. The molecular weight excluding hydrogens is 228 g/mol. The van der Waals surface area contributed by atoms with Crippen molar-refractivity contribution in [2.75, 3.05) is 5.73 Å². The number of aryl methyl sites for hydroxylation is 1. The van der Waals surface area contributed by atoms with Crippen molar-refractivity contribution in [1.82, 2.24) is 15.1 Å². The molecule has 1 aliphatic carbocycles. The Morgan fingerprint density at radius 2 is 2.22 bits per heavy atom. The molecule has 0 aromatic carbocycles. The highest BCUT2D eigenvalue weighted by Crippen LogP contribution is 2.24. The fraction of sp³-hybridized carbons (Fsp3) is 0.692. The summed E-state index contributed by atoms with van der Waals surface area (Å²) in [5, 5.41) is 7.37. The summed E-state index contributed by atoms with van der Waals surface area (Å²) in [6.07, 6.45) is 3.50. The highest BCUT2D eigenvalue weighted by atomic mass is 16.2. The van der Waals surface area contributed by atoms with Crippen molar-refractivity contribution in [3.63, 3.8) is 0 Å². The molecule has 5 heteroatoms. The highest BCUT2D eigenvalue weighted by Gasteiger charge is 2.25. The van der Waals surface area contributed by atoms with E-state index in [2.05, 4.69) is 17.3 Å². The van der Waals surface area contributed by atoms with Crippen LogP contribution in [0.2, 0.25) is 0 Å². The summed E-state index contributed by atoms with van der Waals surface area (Å²) in [5.41, 5.74) is 8.18. The molecule has 1 heterocycles. The summed E-state index contributed by atoms with van der Waals surface area (Å²) < 4.78 is 1.68. The summed E-state index contributed by atoms with van der Waals surface area (Å²) in [6.45, 7) is 6.20. The quantitative estimate of drug-likeness (QED) is 0.851. The van der Waals surface area contributed by atoms with E-state index in [0.717, 1.165) is 17.8 Å². The first-order valence-electron chi connectivity index (χ1n) is 6.58. The predicted octanol–water partition coefficient (Wildman–Crippen LogP) is 1.39. The zero-order chi connectivity index (χ0) is 13.3. The van der Waals surface area contributed by atoms with Crippen LogP contribution in [-0.4, -0.2) is 21.7 Å². The van der Waals surface area contributed by atoms with Gasteiger partial charge in [-0.15, -0.1) is 0 Å². The molecule has 1 saturated carbocycles. The third-order valence-corrected chi connectivity index (χ3v) is 3.94. The van der Waals surface area contributed by atoms with Gasteiger partial charge in [-0.1, -0.05) is 13.3 Å². The first kappa shape index (κ1) is 12.9. The van der Waals surface area contributed by atoms with Crippen molar-refractivity contribution in [2.24, 2.45) is 5.92 Å². The minimum atomic E-state index is 0.0272. The molecule has 2 rings (SSSR count). The maximum Gasteiger partial charge on any atom is 0.241 e. The van der Waals surface area contributed by atoms with E-state index in [-0.39, 0.29) is 12.5 Å². The van der Waals surface area contributed by atoms with Gasteiger partial charge in [0.15, 0.2) is 0 Å². The molecule has 18 heavy (non-hydrogen) atoms. The Morgan fingerprint density at radius 1 is 1.50 bits per heavy atom. The minimum absolute atomic E-state index is 0.0272. The zero-order valence-electron chi connectivity index (χ0n) is 11.4. The van der Waals surface area contributed by atoms with Gasteiger partial charge >= 0.3 is 0 Å². The van der Waals surface area contributed by atoms with Gasteiger partial charge in [-0.2, -0.15) is 5.10 Å². The van der Waals surface area contributed by atoms with Crippen LogP contribution in [0.5, 0.6) is 0 Å². The van der Waals surface area contributed by atoms with Gasteiger partial charge in [0.05, 0.1) is 17.1 Å². The number of nitrogens with one attached hydrogen (secondary N) is 1. The highest BCUT2D eigenvalue weighted by molar-refractivity contribution is 5.76. The second-order valence-corrected chi connectivity index (χ2v) is 5.32. The fourth-order valence-electron chi connectivity index (χ4n) is 2.61. The number of carbonyl (C=O) groups excluding carboxylic acids is 1. The van der Waals surface area contributed by atoms with Gasteiger partial charge < -0.3 is 11.1 Å². The predicted molar refractivity (Wildman–Crippen MR) is 71.1 cm³/mol. The van der Waals surface area contributed by atoms with Crippen LogP contribution in [0.1, 0.15) is 37.6 Å². The lowest BCUT2D eigenvalue weighted by Gasteiger charge is -2.17. The third-order valence-electron chi connectivity index (χ3n) is 3.94. The molecule has 1 aromatic heterocycles. The van der Waals surface area contributed by atoms with Crippen molar-refractivity contribution in [1.29, 1.82) is 0 Å². The summed E-state index contributed by atoms with van der Waals surface area (Å²) in [6, 6.07) is 0.326. The molecular formula is C13H22N4O. The van der Waals surface area contributed by atoms with Gasteiger partial charge in [-0.3, -0.25) is 9.48 Å². The Bertz CT molecular complexity index is 452. The summed E-state index contributed by atoms with van der Waals surface area (Å²) in [5.74, 6) is 0.610. The summed E-state index contributed by atoms with van der Waals surface area (Å²) in [4.78, 5) is 12.0. The lowest BCUT2D eigenvalue weighted by molar-refractivity contribution is -0.122. The van der Waals surface area contributed by atoms with Crippen molar-refractivity contribution in [3.05, 3.63) is 11.4 Å². The van der Waals surface area contributed by atoms with Crippen LogP contribution in [0.3, 0.4) is 0 Å². The second-order valence-electron chi connectivity index (χ2n) is 5.32. The molecule has 0 aliphatic heterocycles. The second kappa shape index (κ2) is 5.00. The van der Waals surface area contributed by atoms with Crippen LogP contribution in [0.15, 0.2) is 0 Å². The number of anilines is 1. The van der Waals surface area contributed by atoms with Gasteiger partial charge in [0, 0.05) is 6.04 Å². The summed E-state index contributed by atoms with van der Waals surface area (Å²) in [7, 11) is 0. The number of aromatic nitrogens is 2. The van der Waals surface area contributed by atoms with Crippen molar-refractivity contribution in [3.8, 4) is 0 Å². The molecule has 0 spiro atoms. The molecule has 1 fully saturated rings. The number of amides is 1. The van der Waals surface area contributed by atoms with Gasteiger partial charge in [0.25, 0.3) is 0 Å². The van der Waals surface area contributed by atoms with E-state index < -0.39 is 0 Å². The van der Waals surface area contributed by atoms with Crippen LogP contribution in [-0.2, 0) is 11.3 Å². The van der Waals surface area contributed by atoms with E-state index in [9.17, 15) is 4.79 Å². The molecule has 0 bridgehead atoms. The van der Waals surface area contributed by atoms with E-state index in [1.54, 1.807) is 4.68 Å². The number of carbonyl (C=O) groups is 1. The normalized spacial score (nSPS) is 23.3. The molecule has 2 atom stereocenters. The molecule has 1 aliphatic rings. The zero-order valence-corrected chi connectivity index (χ0v) is 11.4. The monoisotopic (exact) mass is 250 g/mol. The molecule has 0 radical (unpaired) electrons.